The van der Waals surface area contributed by atoms with E-state index in [0.717, 1.165) is 26.1 Å². The van der Waals surface area contributed by atoms with E-state index in [2.05, 4.69) is 21.5 Å². The number of amides is 1. The van der Waals surface area contributed by atoms with Crippen molar-refractivity contribution in [3.05, 3.63) is 18.0 Å². The molecule has 1 saturated heterocycles. The summed E-state index contributed by atoms with van der Waals surface area (Å²) in [6.07, 6.45) is 7.97. The molecule has 3 N–H and O–H groups in total. The van der Waals surface area contributed by atoms with Crippen LogP contribution in [0.1, 0.15) is 31.2 Å². The van der Waals surface area contributed by atoms with Crippen LogP contribution in [0.2, 0.25) is 0 Å². The smallest absolute Gasteiger partial charge is 0.221 e. The number of hydrogen-bond acceptors (Lipinski definition) is 5. The zero-order chi connectivity index (χ0) is 16.5. The Hall–Kier alpha value is -1.44. The van der Waals surface area contributed by atoms with E-state index in [9.17, 15) is 4.79 Å². The Balaban J connectivity index is 1.85. The summed E-state index contributed by atoms with van der Waals surface area (Å²) in [6, 6.07) is 0.396. The van der Waals surface area contributed by atoms with Gasteiger partial charge in [0.2, 0.25) is 5.91 Å². The van der Waals surface area contributed by atoms with E-state index in [4.69, 9.17) is 10.5 Å². The first-order valence-electron chi connectivity index (χ1n) is 8.44. The normalized spacial score (nSPS) is 19.0. The maximum Gasteiger partial charge on any atom is 0.221 e. The van der Waals surface area contributed by atoms with E-state index in [-0.39, 0.29) is 5.91 Å². The number of carbonyl (C=O) groups excluding carboxylic acids is 1. The minimum atomic E-state index is 0.0467. The van der Waals surface area contributed by atoms with Gasteiger partial charge in [-0.3, -0.25) is 14.4 Å². The van der Waals surface area contributed by atoms with Crippen molar-refractivity contribution in [3.8, 4) is 0 Å². The average Bonchev–Trinajstić information content (AvgIpc) is 3.00. The lowest BCUT2D eigenvalue weighted by molar-refractivity contribution is -0.121. The maximum absolute atomic E-state index is 11.6. The van der Waals surface area contributed by atoms with Crippen LogP contribution in [-0.4, -0.2) is 60.0 Å². The standard InChI is InChI=1S/C16H29N5O2/c1-23-9-8-21-13-14(10-19-21)12-20-7-3-2-4-15(20)11-18-16(22)5-6-17/h10,13,15H,2-9,11-12,17H2,1H3,(H,18,22). The van der Waals surface area contributed by atoms with Gasteiger partial charge in [0.1, 0.15) is 0 Å². The van der Waals surface area contributed by atoms with Gasteiger partial charge in [-0.05, 0) is 19.4 Å². The summed E-state index contributed by atoms with van der Waals surface area (Å²) in [6.45, 7) is 4.50. The third-order valence-corrected chi connectivity index (χ3v) is 4.25. The molecule has 0 spiro atoms. The number of hydrogen-bond donors (Lipinski definition) is 2. The second kappa shape index (κ2) is 9.64. The largest absolute Gasteiger partial charge is 0.383 e. The van der Waals surface area contributed by atoms with Crippen molar-refractivity contribution < 1.29 is 9.53 Å². The number of piperidine rings is 1. The van der Waals surface area contributed by atoms with Crippen LogP contribution in [0.4, 0.5) is 0 Å². The molecule has 7 heteroatoms. The van der Waals surface area contributed by atoms with E-state index < -0.39 is 0 Å². The van der Waals surface area contributed by atoms with Crippen molar-refractivity contribution in [2.75, 3.05) is 33.4 Å². The fourth-order valence-corrected chi connectivity index (χ4v) is 2.98. The molecule has 0 aromatic carbocycles. The van der Waals surface area contributed by atoms with E-state index >= 15 is 0 Å². The van der Waals surface area contributed by atoms with Crippen LogP contribution in [0, 0.1) is 0 Å². The van der Waals surface area contributed by atoms with E-state index in [1.54, 1.807) is 7.11 Å². The zero-order valence-electron chi connectivity index (χ0n) is 14.0. The van der Waals surface area contributed by atoms with Gasteiger partial charge in [-0.1, -0.05) is 6.42 Å². The molecule has 1 aromatic rings. The van der Waals surface area contributed by atoms with Crippen LogP contribution < -0.4 is 11.1 Å². The van der Waals surface area contributed by atoms with Crippen LogP contribution >= 0.6 is 0 Å². The fraction of sp³-hybridized carbons (Fsp3) is 0.750. The number of likely N-dealkylation sites (tertiary alicyclic amines) is 1. The number of nitrogens with one attached hydrogen (secondary N) is 1. The molecule has 1 aromatic heterocycles. The number of nitrogens with two attached hydrogens (primary N) is 1. The highest BCUT2D eigenvalue weighted by Gasteiger charge is 2.23. The molecule has 1 fully saturated rings. The summed E-state index contributed by atoms with van der Waals surface area (Å²) in [5.74, 6) is 0.0467. The second-order valence-corrected chi connectivity index (χ2v) is 6.07. The molecule has 1 unspecified atom stereocenters. The van der Waals surface area contributed by atoms with Crippen molar-refractivity contribution in [3.63, 3.8) is 0 Å². The predicted molar refractivity (Wildman–Crippen MR) is 88.8 cm³/mol. The molecule has 1 aliphatic heterocycles. The molecule has 0 radical (unpaired) electrons. The topological polar surface area (TPSA) is 85.4 Å². The van der Waals surface area contributed by atoms with E-state index in [1.165, 1.54) is 18.4 Å². The third-order valence-electron chi connectivity index (χ3n) is 4.25. The first-order chi connectivity index (χ1) is 11.2. The SMILES string of the molecule is COCCn1cc(CN2CCCCC2CNC(=O)CCN)cn1. The Kier molecular flexibility index (Phi) is 7.51. The first kappa shape index (κ1) is 17.9. The van der Waals surface area contributed by atoms with Gasteiger partial charge in [-0.15, -0.1) is 0 Å². The number of carbonyl (C=O) groups is 1. The van der Waals surface area contributed by atoms with Gasteiger partial charge in [0.25, 0.3) is 0 Å². The van der Waals surface area contributed by atoms with Crippen LogP contribution in [-0.2, 0) is 22.6 Å². The second-order valence-electron chi connectivity index (χ2n) is 6.07. The third kappa shape index (κ3) is 5.93. The number of methoxy groups -OCH3 is 1. The fourth-order valence-electron chi connectivity index (χ4n) is 2.98. The Morgan fingerprint density at radius 1 is 1.52 bits per heavy atom. The number of ether oxygens (including phenoxy) is 1. The highest BCUT2D eigenvalue weighted by molar-refractivity contribution is 5.76. The molecule has 23 heavy (non-hydrogen) atoms. The Morgan fingerprint density at radius 2 is 2.39 bits per heavy atom. The van der Waals surface area contributed by atoms with Gasteiger partial charge in [-0.25, -0.2) is 0 Å². The van der Waals surface area contributed by atoms with Crippen LogP contribution in [0.5, 0.6) is 0 Å². The number of nitrogens with zero attached hydrogens (tertiary/aromatic N) is 3. The Labute approximate surface area is 138 Å². The first-order valence-corrected chi connectivity index (χ1v) is 8.44. The monoisotopic (exact) mass is 323 g/mol. The molecule has 0 aliphatic carbocycles. The van der Waals surface area contributed by atoms with E-state index in [1.807, 2.05) is 10.9 Å². The Morgan fingerprint density at radius 3 is 3.17 bits per heavy atom. The van der Waals surface area contributed by atoms with Crippen molar-refractivity contribution in [2.45, 2.75) is 44.8 Å². The molecule has 1 amide bonds. The van der Waals surface area contributed by atoms with Crippen molar-refractivity contribution in [1.82, 2.24) is 20.0 Å². The lowest BCUT2D eigenvalue weighted by Crippen LogP contribution is -2.46. The minimum Gasteiger partial charge on any atom is -0.383 e. The van der Waals surface area contributed by atoms with Gasteiger partial charge in [0, 0.05) is 51.0 Å². The summed E-state index contributed by atoms with van der Waals surface area (Å²) in [5, 5.41) is 7.37. The molecule has 2 rings (SSSR count). The lowest BCUT2D eigenvalue weighted by Gasteiger charge is -2.35. The van der Waals surface area contributed by atoms with E-state index in [0.29, 0.717) is 32.2 Å². The molecule has 130 valence electrons. The maximum atomic E-state index is 11.6. The van der Waals surface area contributed by atoms with Crippen molar-refractivity contribution >= 4 is 5.91 Å². The number of aromatic nitrogens is 2. The molecular weight excluding hydrogens is 294 g/mol. The van der Waals surface area contributed by atoms with Crippen molar-refractivity contribution in [2.24, 2.45) is 5.73 Å². The molecule has 2 heterocycles. The highest BCUT2D eigenvalue weighted by atomic mass is 16.5. The lowest BCUT2D eigenvalue weighted by atomic mass is 10.0. The van der Waals surface area contributed by atoms with Gasteiger partial charge < -0.3 is 15.8 Å². The quantitative estimate of drug-likeness (QED) is 0.685. The van der Waals surface area contributed by atoms with Gasteiger partial charge in [0.05, 0.1) is 19.3 Å². The van der Waals surface area contributed by atoms with Gasteiger partial charge in [-0.2, -0.15) is 5.10 Å². The van der Waals surface area contributed by atoms with Crippen LogP contribution in [0.25, 0.3) is 0 Å². The molecule has 0 saturated carbocycles. The summed E-state index contributed by atoms with van der Waals surface area (Å²) in [7, 11) is 1.70. The summed E-state index contributed by atoms with van der Waals surface area (Å²) in [5.41, 5.74) is 6.62. The molecule has 1 atom stereocenters. The number of rotatable bonds is 9. The zero-order valence-corrected chi connectivity index (χ0v) is 14.0. The average molecular weight is 323 g/mol. The summed E-state index contributed by atoms with van der Waals surface area (Å²) in [4.78, 5) is 14.1. The molecule has 1 aliphatic rings. The summed E-state index contributed by atoms with van der Waals surface area (Å²) >= 11 is 0. The Bertz CT molecular complexity index is 477. The van der Waals surface area contributed by atoms with Crippen LogP contribution in [0.15, 0.2) is 12.4 Å². The summed E-state index contributed by atoms with van der Waals surface area (Å²) < 4.78 is 6.99. The van der Waals surface area contributed by atoms with Gasteiger partial charge in [0.15, 0.2) is 0 Å². The molecule has 7 nitrogen and oxygen atoms in total. The predicted octanol–water partition coefficient (Wildman–Crippen LogP) is 0.349. The van der Waals surface area contributed by atoms with Crippen molar-refractivity contribution in [1.29, 1.82) is 0 Å². The van der Waals surface area contributed by atoms with Crippen LogP contribution in [0.3, 0.4) is 0 Å². The highest BCUT2D eigenvalue weighted by Crippen LogP contribution is 2.19. The molecule has 0 bridgehead atoms. The minimum absolute atomic E-state index is 0.0467. The van der Waals surface area contributed by atoms with Gasteiger partial charge >= 0.3 is 0 Å². The molecular formula is C16H29N5O2.